The Morgan fingerprint density at radius 2 is 2.29 bits per heavy atom. The molecule has 1 atom stereocenters. The van der Waals surface area contributed by atoms with Gasteiger partial charge in [-0.15, -0.1) is 0 Å². The van der Waals surface area contributed by atoms with Gasteiger partial charge in [0.1, 0.15) is 0 Å². The number of amides is 1. The van der Waals surface area contributed by atoms with Gasteiger partial charge in [0.15, 0.2) is 0 Å². The third-order valence-electron chi connectivity index (χ3n) is 4.49. The van der Waals surface area contributed by atoms with Crippen LogP contribution in [0.25, 0.3) is 10.9 Å². The van der Waals surface area contributed by atoms with Crippen molar-refractivity contribution in [1.29, 1.82) is 0 Å². The SMILES string of the molecule is CCC1CCCCN1C(=O)Cc1c[nH]c2ccc(Cl)cc12. The number of aromatic nitrogens is 1. The third-order valence-corrected chi connectivity index (χ3v) is 4.72. The number of hydrogen-bond donors (Lipinski definition) is 1. The van der Waals surface area contributed by atoms with Crippen molar-refractivity contribution in [1.82, 2.24) is 9.88 Å². The molecule has 1 N–H and O–H groups in total. The molecule has 1 aliphatic heterocycles. The van der Waals surface area contributed by atoms with Gasteiger partial charge in [-0.25, -0.2) is 0 Å². The van der Waals surface area contributed by atoms with Crippen molar-refractivity contribution in [3.05, 3.63) is 35.0 Å². The zero-order valence-electron chi connectivity index (χ0n) is 12.4. The summed E-state index contributed by atoms with van der Waals surface area (Å²) < 4.78 is 0. The average Bonchev–Trinajstić information content (AvgIpc) is 2.89. The molecule has 0 radical (unpaired) electrons. The van der Waals surface area contributed by atoms with Crippen molar-refractivity contribution < 1.29 is 4.79 Å². The normalized spacial score (nSPS) is 19.1. The summed E-state index contributed by atoms with van der Waals surface area (Å²) in [4.78, 5) is 17.9. The van der Waals surface area contributed by atoms with Gasteiger partial charge in [0.2, 0.25) is 5.91 Å². The number of halogens is 1. The molecule has 0 saturated carbocycles. The first kappa shape index (κ1) is 14.5. The average molecular weight is 305 g/mol. The summed E-state index contributed by atoms with van der Waals surface area (Å²) in [6.45, 7) is 3.07. The number of nitrogens with one attached hydrogen (secondary N) is 1. The number of carbonyl (C=O) groups excluding carboxylic acids is 1. The minimum atomic E-state index is 0.238. The molecule has 1 fully saturated rings. The maximum Gasteiger partial charge on any atom is 0.227 e. The predicted molar refractivity (Wildman–Crippen MR) is 86.7 cm³/mol. The Morgan fingerprint density at radius 1 is 1.43 bits per heavy atom. The second-order valence-electron chi connectivity index (χ2n) is 5.83. The molecule has 1 amide bonds. The lowest BCUT2D eigenvalue weighted by molar-refractivity contribution is -0.134. The van der Waals surface area contributed by atoms with Gasteiger partial charge in [-0.1, -0.05) is 18.5 Å². The van der Waals surface area contributed by atoms with Gasteiger partial charge in [-0.3, -0.25) is 4.79 Å². The van der Waals surface area contributed by atoms with Crippen molar-refractivity contribution in [2.75, 3.05) is 6.54 Å². The molecule has 112 valence electrons. The van der Waals surface area contributed by atoms with Crippen molar-refractivity contribution in [2.45, 2.75) is 45.1 Å². The molecular formula is C17H21ClN2O. The number of H-pyrrole nitrogens is 1. The highest BCUT2D eigenvalue weighted by atomic mass is 35.5. The fourth-order valence-corrected chi connectivity index (χ4v) is 3.49. The smallest absolute Gasteiger partial charge is 0.227 e. The highest BCUT2D eigenvalue weighted by Crippen LogP contribution is 2.25. The summed E-state index contributed by atoms with van der Waals surface area (Å²) in [6, 6.07) is 6.18. The third kappa shape index (κ3) is 2.93. The lowest BCUT2D eigenvalue weighted by atomic mass is 9.99. The predicted octanol–water partition coefficient (Wildman–Crippen LogP) is 4.15. The van der Waals surface area contributed by atoms with Crippen LogP contribution < -0.4 is 0 Å². The quantitative estimate of drug-likeness (QED) is 0.908. The molecule has 1 aliphatic rings. The van der Waals surface area contributed by atoms with Gasteiger partial charge in [0, 0.05) is 34.7 Å². The van der Waals surface area contributed by atoms with E-state index in [9.17, 15) is 4.79 Å². The van der Waals surface area contributed by atoms with Gasteiger partial charge in [-0.05, 0) is 49.4 Å². The monoisotopic (exact) mass is 304 g/mol. The second-order valence-corrected chi connectivity index (χ2v) is 6.26. The van der Waals surface area contributed by atoms with Crippen LogP contribution in [-0.2, 0) is 11.2 Å². The zero-order chi connectivity index (χ0) is 14.8. The van der Waals surface area contributed by atoms with Crippen LogP contribution in [0.4, 0.5) is 0 Å². The van der Waals surface area contributed by atoms with Gasteiger partial charge < -0.3 is 9.88 Å². The van der Waals surface area contributed by atoms with E-state index in [0.717, 1.165) is 42.3 Å². The summed E-state index contributed by atoms with van der Waals surface area (Å²) in [5, 5.41) is 1.76. The van der Waals surface area contributed by atoms with Crippen molar-refractivity contribution >= 4 is 28.4 Å². The summed E-state index contributed by atoms with van der Waals surface area (Å²) >= 11 is 6.07. The second kappa shape index (κ2) is 6.10. The number of piperidine rings is 1. The number of likely N-dealkylation sites (tertiary alicyclic amines) is 1. The molecule has 1 aromatic carbocycles. The van der Waals surface area contributed by atoms with Crippen LogP contribution in [0.2, 0.25) is 5.02 Å². The molecule has 4 heteroatoms. The maximum atomic E-state index is 12.6. The van der Waals surface area contributed by atoms with Crippen LogP contribution in [0.5, 0.6) is 0 Å². The number of benzene rings is 1. The first-order valence-electron chi connectivity index (χ1n) is 7.74. The number of fused-ring (bicyclic) bond motifs is 1. The van der Waals surface area contributed by atoms with E-state index in [1.165, 1.54) is 6.42 Å². The number of rotatable bonds is 3. The molecule has 0 spiro atoms. The lowest BCUT2D eigenvalue weighted by Gasteiger charge is -2.35. The Hall–Kier alpha value is -1.48. The van der Waals surface area contributed by atoms with Crippen LogP contribution in [0.15, 0.2) is 24.4 Å². The Bertz CT molecular complexity index is 649. The molecule has 2 heterocycles. The Labute approximate surface area is 130 Å². The van der Waals surface area contributed by atoms with Crippen LogP contribution in [0.1, 0.15) is 38.2 Å². The van der Waals surface area contributed by atoms with Gasteiger partial charge in [-0.2, -0.15) is 0 Å². The van der Waals surface area contributed by atoms with Gasteiger partial charge >= 0.3 is 0 Å². The van der Waals surface area contributed by atoms with E-state index in [2.05, 4.69) is 16.8 Å². The summed E-state index contributed by atoms with van der Waals surface area (Å²) in [7, 11) is 0. The van der Waals surface area contributed by atoms with Crippen LogP contribution in [0, 0.1) is 0 Å². The molecule has 3 nitrogen and oxygen atoms in total. The highest BCUT2D eigenvalue weighted by Gasteiger charge is 2.25. The molecule has 2 aromatic rings. The fraction of sp³-hybridized carbons (Fsp3) is 0.471. The molecule has 21 heavy (non-hydrogen) atoms. The molecule has 1 saturated heterocycles. The van der Waals surface area contributed by atoms with Crippen molar-refractivity contribution in [3.8, 4) is 0 Å². The Balaban J connectivity index is 1.81. The first-order valence-corrected chi connectivity index (χ1v) is 8.12. The van der Waals surface area contributed by atoms with Gasteiger partial charge in [0.25, 0.3) is 0 Å². The van der Waals surface area contributed by atoms with E-state index >= 15 is 0 Å². The molecule has 0 aliphatic carbocycles. The minimum absolute atomic E-state index is 0.238. The van der Waals surface area contributed by atoms with Crippen LogP contribution in [0.3, 0.4) is 0 Å². The largest absolute Gasteiger partial charge is 0.361 e. The van der Waals surface area contributed by atoms with E-state index in [1.807, 2.05) is 24.4 Å². The highest BCUT2D eigenvalue weighted by molar-refractivity contribution is 6.31. The molecular weight excluding hydrogens is 284 g/mol. The molecule has 1 unspecified atom stereocenters. The van der Waals surface area contributed by atoms with Crippen molar-refractivity contribution in [2.24, 2.45) is 0 Å². The van der Waals surface area contributed by atoms with E-state index in [4.69, 9.17) is 11.6 Å². The first-order chi connectivity index (χ1) is 10.2. The Morgan fingerprint density at radius 3 is 3.10 bits per heavy atom. The minimum Gasteiger partial charge on any atom is -0.361 e. The van der Waals surface area contributed by atoms with E-state index in [1.54, 1.807) is 0 Å². The number of hydrogen-bond acceptors (Lipinski definition) is 1. The molecule has 3 rings (SSSR count). The van der Waals surface area contributed by atoms with E-state index in [-0.39, 0.29) is 5.91 Å². The van der Waals surface area contributed by atoms with Gasteiger partial charge in [0.05, 0.1) is 6.42 Å². The fourth-order valence-electron chi connectivity index (χ4n) is 3.31. The Kier molecular flexibility index (Phi) is 4.20. The number of carbonyl (C=O) groups is 1. The van der Waals surface area contributed by atoms with Crippen molar-refractivity contribution in [3.63, 3.8) is 0 Å². The zero-order valence-corrected chi connectivity index (χ0v) is 13.1. The summed E-state index contributed by atoms with van der Waals surface area (Å²) in [6.07, 6.45) is 6.95. The standard InChI is InChI=1S/C17H21ClN2O/c1-2-14-5-3-4-8-20(14)17(21)9-12-11-19-16-7-6-13(18)10-15(12)16/h6-7,10-11,14,19H,2-5,8-9H2,1H3. The van der Waals surface area contributed by atoms with E-state index in [0.29, 0.717) is 17.5 Å². The maximum absolute atomic E-state index is 12.6. The summed E-state index contributed by atoms with van der Waals surface area (Å²) in [5.74, 6) is 0.238. The molecule has 0 bridgehead atoms. The topological polar surface area (TPSA) is 36.1 Å². The lowest BCUT2D eigenvalue weighted by Crippen LogP contribution is -2.44. The molecule has 1 aromatic heterocycles. The van der Waals surface area contributed by atoms with Crippen LogP contribution >= 0.6 is 11.6 Å². The number of aromatic amines is 1. The van der Waals surface area contributed by atoms with E-state index < -0.39 is 0 Å². The number of nitrogens with zero attached hydrogens (tertiary/aromatic N) is 1. The van der Waals surface area contributed by atoms with Crippen LogP contribution in [-0.4, -0.2) is 28.4 Å². The summed E-state index contributed by atoms with van der Waals surface area (Å²) in [5.41, 5.74) is 2.07.